The number of aromatic nitrogens is 4. The van der Waals surface area contributed by atoms with Crippen LogP contribution < -0.4 is 0 Å². The highest BCUT2D eigenvalue weighted by molar-refractivity contribution is 7.20. The minimum atomic E-state index is 0.0369. The molecule has 270 valence electrons. The number of furan rings is 1. The molecule has 0 saturated carbocycles. The van der Waals surface area contributed by atoms with Crippen LogP contribution in [0.2, 0.25) is 0 Å². The summed E-state index contributed by atoms with van der Waals surface area (Å²) in [4.78, 5) is 16.5. The Kier molecular flexibility index (Phi) is 7.29. The standard InChI is InChI=1S/C51H34N4OS/c1-3-14-31(15-4-1)49-52-50(32-16-5-2-6-17-32)54-51(53-49)33-26-27-36-35-18-7-10-22-42(35)55(43(36)28-33)34-29-40-37-19-9-12-25-46(37)57-48(40)41(30-34)38-21-13-24-45-47(38)39-20-8-11-23-44(39)56-45/h1-10,12-22,24-28,30,34H,11,23,29H2. The predicted molar refractivity (Wildman–Crippen MR) is 234 cm³/mol. The molecule has 0 spiro atoms. The number of nitrogens with zero attached hydrogens (tertiary/aromatic N) is 4. The molecule has 2 aliphatic rings. The van der Waals surface area contributed by atoms with E-state index in [1.165, 1.54) is 58.9 Å². The monoisotopic (exact) mass is 750 g/mol. The molecule has 6 aromatic carbocycles. The van der Waals surface area contributed by atoms with Crippen molar-refractivity contribution in [1.29, 1.82) is 0 Å². The minimum Gasteiger partial charge on any atom is -0.460 e. The van der Waals surface area contributed by atoms with Crippen molar-refractivity contribution in [2.45, 2.75) is 25.3 Å². The summed E-state index contributed by atoms with van der Waals surface area (Å²) in [6.45, 7) is 0. The lowest BCUT2D eigenvalue weighted by atomic mass is 9.86. The van der Waals surface area contributed by atoms with E-state index >= 15 is 0 Å². The zero-order chi connectivity index (χ0) is 37.5. The lowest BCUT2D eigenvalue weighted by Crippen LogP contribution is -2.15. The van der Waals surface area contributed by atoms with Crippen LogP contribution in [0.15, 0.2) is 162 Å². The van der Waals surface area contributed by atoms with Crippen LogP contribution >= 0.6 is 11.3 Å². The summed E-state index contributed by atoms with van der Waals surface area (Å²) in [7, 11) is 0. The molecule has 5 nitrogen and oxygen atoms in total. The van der Waals surface area contributed by atoms with Crippen LogP contribution in [0, 0.1) is 0 Å². The minimum absolute atomic E-state index is 0.0369. The van der Waals surface area contributed by atoms with E-state index in [2.05, 4.69) is 132 Å². The highest BCUT2D eigenvalue weighted by atomic mass is 32.1. The lowest BCUT2D eigenvalue weighted by Gasteiger charge is -2.26. The van der Waals surface area contributed by atoms with Gasteiger partial charge in [-0.15, -0.1) is 11.3 Å². The van der Waals surface area contributed by atoms with Gasteiger partial charge < -0.3 is 8.98 Å². The van der Waals surface area contributed by atoms with Crippen molar-refractivity contribution in [3.05, 3.63) is 185 Å². The molecule has 0 bridgehead atoms. The Balaban J connectivity index is 1.10. The summed E-state index contributed by atoms with van der Waals surface area (Å²) in [5.74, 6) is 3.05. The number of hydrogen-bond donors (Lipinski definition) is 0. The van der Waals surface area contributed by atoms with E-state index in [0.717, 1.165) is 52.8 Å². The maximum Gasteiger partial charge on any atom is 0.164 e. The van der Waals surface area contributed by atoms with Crippen molar-refractivity contribution in [2.24, 2.45) is 0 Å². The fourth-order valence-corrected chi connectivity index (χ4v) is 10.4. The SMILES string of the molecule is C1=Cc2c(oc3cccc(C4=CC(n5c6ccccc6c6ccc(-c7nc(-c8ccccc8)nc(-c8ccccc8)n7)cc65)Cc5c4sc4ccccc54)c23)CC1. The third-order valence-electron chi connectivity index (χ3n) is 11.7. The Morgan fingerprint density at radius 1 is 0.614 bits per heavy atom. The van der Waals surface area contributed by atoms with Gasteiger partial charge in [0.05, 0.1) is 11.6 Å². The third kappa shape index (κ3) is 5.18. The number of rotatable bonds is 5. The second-order valence-corrected chi connectivity index (χ2v) is 16.0. The molecule has 2 aliphatic carbocycles. The molecule has 0 aliphatic heterocycles. The first-order chi connectivity index (χ1) is 28.2. The first-order valence-corrected chi connectivity index (χ1v) is 20.4. The smallest absolute Gasteiger partial charge is 0.164 e. The van der Waals surface area contributed by atoms with Gasteiger partial charge in [-0.1, -0.05) is 140 Å². The van der Waals surface area contributed by atoms with Crippen molar-refractivity contribution in [2.75, 3.05) is 0 Å². The van der Waals surface area contributed by atoms with E-state index in [1.54, 1.807) is 0 Å². The molecule has 10 aromatic rings. The number of thiophene rings is 1. The zero-order valence-electron chi connectivity index (χ0n) is 30.9. The summed E-state index contributed by atoms with van der Waals surface area (Å²) in [6.07, 6.45) is 9.89. The Bertz CT molecular complexity index is 3220. The number of fused-ring (bicyclic) bond motifs is 9. The quantitative estimate of drug-likeness (QED) is 0.176. The molecule has 0 radical (unpaired) electrons. The van der Waals surface area contributed by atoms with Crippen LogP contribution in [0.25, 0.3) is 88.7 Å². The molecule has 6 heteroatoms. The molecule has 4 heterocycles. The van der Waals surface area contributed by atoms with Gasteiger partial charge in [-0.05, 0) is 59.2 Å². The summed E-state index contributed by atoms with van der Waals surface area (Å²) >= 11 is 1.91. The molecule has 12 rings (SSSR count). The second-order valence-electron chi connectivity index (χ2n) is 15.0. The third-order valence-corrected chi connectivity index (χ3v) is 12.9. The lowest BCUT2D eigenvalue weighted by molar-refractivity contribution is 0.546. The topological polar surface area (TPSA) is 56.7 Å². The average Bonchev–Trinajstić information content (AvgIpc) is 3.96. The van der Waals surface area contributed by atoms with Gasteiger partial charge in [0.1, 0.15) is 11.3 Å². The molecule has 1 atom stereocenters. The fraction of sp³-hybridized carbons (Fsp3) is 0.0784. The normalized spacial score (nSPS) is 15.0. The zero-order valence-corrected chi connectivity index (χ0v) is 31.7. The van der Waals surface area contributed by atoms with E-state index in [4.69, 9.17) is 19.4 Å². The Hall–Kier alpha value is -6.89. The Morgan fingerprint density at radius 3 is 2.09 bits per heavy atom. The Labute approximate surface area is 332 Å². The highest BCUT2D eigenvalue weighted by Gasteiger charge is 2.30. The van der Waals surface area contributed by atoms with Gasteiger partial charge in [-0.3, -0.25) is 0 Å². The number of aryl methyl sites for hydroxylation is 1. The molecule has 0 N–H and O–H groups in total. The van der Waals surface area contributed by atoms with Crippen molar-refractivity contribution < 1.29 is 4.42 Å². The van der Waals surface area contributed by atoms with E-state index < -0.39 is 0 Å². The molecule has 57 heavy (non-hydrogen) atoms. The summed E-state index contributed by atoms with van der Waals surface area (Å²) in [5, 5.41) is 4.99. The van der Waals surface area contributed by atoms with Crippen LogP contribution in [0.5, 0.6) is 0 Å². The van der Waals surface area contributed by atoms with Crippen LogP contribution in [-0.2, 0) is 12.8 Å². The molecule has 4 aromatic heterocycles. The van der Waals surface area contributed by atoms with E-state index in [9.17, 15) is 0 Å². The fourth-order valence-electron chi connectivity index (χ4n) is 9.09. The van der Waals surface area contributed by atoms with E-state index in [0.29, 0.717) is 17.5 Å². The van der Waals surface area contributed by atoms with Crippen molar-refractivity contribution >= 4 is 65.8 Å². The van der Waals surface area contributed by atoms with Crippen LogP contribution in [0.1, 0.15) is 39.8 Å². The summed E-state index contributed by atoms with van der Waals surface area (Å²) < 4.78 is 10.4. The molecule has 0 fully saturated rings. The van der Waals surface area contributed by atoms with Gasteiger partial charge in [0.25, 0.3) is 0 Å². The molecule has 0 amide bonds. The summed E-state index contributed by atoms with van der Waals surface area (Å²) in [6, 6.07) is 51.4. The predicted octanol–water partition coefficient (Wildman–Crippen LogP) is 13.1. The van der Waals surface area contributed by atoms with Crippen molar-refractivity contribution in [3.8, 4) is 34.2 Å². The van der Waals surface area contributed by atoms with E-state index in [-0.39, 0.29) is 6.04 Å². The second kappa shape index (κ2) is 12.8. The molecule has 0 saturated heterocycles. The van der Waals surface area contributed by atoms with Gasteiger partial charge >= 0.3 is 0 Å². The molecule has 1 unspecified atom stereocenters. The number of para-hydroxylation sites is 1. The Morgan fingerprint density at radius 2 is 1.30 bits per heavy atom. The summed E-state index contributed by atoms with van der Waals surface area (Å²) in [5.41, 5.74) is 11.3. The van der Waals surface area contributed by atoms with Crippen molar-refractivity contribution in [3.63, 3.8) is 0 Å². The van der Waals surface area contributed by atoms with Gasteiger partial charge in [0.15, 0.2) is 17.5 Å². The van der Waals surface area contributed by atoms with Crippen molar-refractivity contribution in [1.82, 2.24) is 19.5 Å². The van der Waals surface area contributed by atoms with E-state index in [1.807, 2.05) is 47.7 Å². The van der Waals surface area contributed by atoms with Crippen LogP contribution in [0.4, 0.5) is 0 Å². The number of hydrogen-bond acceptors (Lipinski definition) is 5. The first-order valence-electron chi connectivity index (χ1n) is 19.6. The molecular formula is C51H34N4OS. The van der Waals surface area contributed by atoms with Gasteiger partial charge in [-0.2, -0.15) is 0 Å². The highest BCUT2D eigenvalue weighted by Crippen LogP contribution is 2.49. The average molecular weight is 751 g/mol. The first kappa shape index (κ1) is 32.4. The van der Waals surface area contributed by atoms with Crippen LogP contribution in [-0.4, -0.2) is 19.5 Å². The van der Waals surface area contributed by atoms with Gasteiger partial charge in [0, 0.05) is 59.9 Å². The number of benzene rings is 6. The van der Waals surface area contributed by atoms with Crippen LogP contribution in [0.3, 0.4) is 0 Å². The largest absolute Gasteiger partial charge is 0.460 e. The molecular weight excluding hydrogens is 717 g/mol. The maximum absolute atomic E-state index is 6.52. The van der Waals surface area contributed by atoms with Gasteiger partial charge in [0.2, 0.25) is 0 Å². The maximum atomic E-state index is 6.52. The van der Waals surface area contributed by atoms with Gasteiger partial charge in [-0.25, -0.2) is 15.0 Å². The number of allylic oxidation sites excluding steroid dienone is 2.